The first kappa shape index (κ1) is 13.7. The van der Waals surface area contributed by atoms with Crippen molar-refractivity contribution in [2.75, 3.05) is 0 Å². The molecule has 0 amide bonds. The van der Waals surface area contributed by atoms with E-state index in [0.29, 0.717) is 0 Å². The van der Waals surface area contributed by atoms with E-state index in [9.17, 15) is 0 Å². The van der Waals surface area contributed by atoms with Gasteiger partial charge in [0.05, 0.1) is 7.17 Å². The molecule has 1 aliphatic carbocycles. The summed E-state index contributed by atoms with van der Waals surface area (Å²) < 4.78 is 0. The van der Waals surface area contributed by atoms with Crippen LogP contribution in [-0.2, 0) is 16.8 Å². The molecule has 0 bridgehead atoms. The third-order valence-corrected chi connectivity index (χ3v) is 1.03. The molecule has 0 fully saturated rings. The number of hydrogen-bond acceptors (Lipinski definition) is 0. The normalized spacial score (nSPS) is 11.0. The van der Waals surface area contributed by atoms with Gasteiger partial charge in [-0.25, -0.2) is 0 Å². The quantitative estimate of drug-likeness (QED) is 0.571. The first-order valence-corrected chi connectivity index (χ1v) is 3.60. The standard InChI is InChI=1S/C5H6.C2H5B3.Co/c1-2-4-5-3-1;1-2-4-5-3;/h1-4H,5H2;2H2,1H3;. The van der Waals surface area contributed by atoms with Gasteiger partial charge in [-0.1, -0.05) is 37.5 Å². The average molecular weight is 187 g/mol. The van der Waals surface area contributed by atoms with Crippen LogP contribution in [0, 0.1) is 0 Å². The largest absolute Gasteiger partial charge is 0.0923 e. The van der Waals surface area contributed by atoms with Gasteiger partial charge in [-0.3, -0.25) is 0 Å². The fraction of sp³-hybridized carbons (Fsp3) is 0.429. The summed E-state index contributed by atoms with van der Waals surface area (Å²) in [7, 11) is 8.42. The molecule has 0 saturated heterocycles. The van der Waals surface area contributed by atoms with Crippen LogP contribution in [0.4, 0.5) is 0 Å². The Hall–Kier alpha value is 0.181. The van der Waals surface area contributed by atoms with E-state index in [1.165, 1.54) is 0 Å². The molecule has 57 valence electrons. The van der Waals surface area contributed by atoms with Crippen molar-refractivity contribution < 1.29 is 16.8 Å². The van der Waals surface area contributed by atoms with Gasteiger partial charge in [-0.15, -0.1) is 0 Å². The van der Waals surface area contributed by atoms with Crippen molar-refractivity contribution in [3.8, 4) is 0 Å². The summed E-state index contributed by atoms with van der Waals surface area (Å²) in [6.07, 6.45) is 10.5. The maximum atomic E-state index is 4.96. The second-order valence-electron chi connectivity index (χ2n) is 1.93. The van der Waals surface area contributed by atoms with Gasteiger partial charge in [0.15, 0.2) is 0 Å². The Bertz CT molecular complexity index is 100. The smallest absolute Gasteiger partial charge is 0.0541 e. The number of allylic oxidation sites excluding steroid dienone is 4. The Balaban J connectivity index is 0. The molecule has 0 unspecified atom stereocenters. The van der Waals surface area contributed by atoms with Crippen molar-refractivity contribution in [1.82, 2.24) is 0 Å². The van der Waals surface area contributed by atoms with Crippen molar-refractivity contribution in [3.05, 3.63) is 24.3 Å². The zero-order valence-electron chi connectivity index (χ0n) is 6.79. The van der Waals surface area contributed by atoms with Crippen LogP contribution in [0.5, 0.6) is 0 Å². The van der Waals surface area contributed by atoms with Crippen LogP contribution in [0.1, 0.15) is 13.3 Å². The zero-order valence-corrected chi connectivity index (χ0v) is 7.83. The summed E-state index contributed by atoms with van der Waals surface area (Å²) in [6.45, 7) is 2.04. The molecule has 0 atom stereocenters. The predicted octanol–water partition coefficient (Wildman–Crippen LogP) is 1.33. The Morgan fingerprint density at radius 2 is 1.91 bits per heavy atom. The van der Waals surface area contributed by atoms with Gasteiger partial charge in [0.25, 0.3) is 0 Å². The van der Waals surface area contributed by atoms with Gasteiger partial charge in [0, 0.05) is 31.6 Å². The molecule has 0 heterocycles. The maximum absolute atomic E-state index is 4.96. The molecule has 0 aromatic rings. The van der Waals surface area contributed by atoms with Crippen molar-refractivity contribution in [1.29, 1.82) is 0 Å². The first-order valence-electron chi connectivity index (χ1n) is 3.60. The molecule has 0 aromatic carbocycles. The Labute approximate surface area is 83.0 Å². The summed E-state index contributed by atoms with van der Waals surface area (Å²) in [6, 6.07) is 0. The molecule has 0 spiro atoms. The van der Waals surface area contributed by atoms with Gasteiger partial charge in [-0.05, 0) is 6.42 Å². The van der Waals surface area contributed by atoms with E-state index in [-0.39, 0.29) is 16.8 Å². The fourth-order valence-corrected chi connectivity index (χ4v) is 0.529. The molecule has 0 N–H and O–H groups in total. The van der Waals surface area contributed by atoms with Crippen molar-refractivity contribution >= 4 is 22.0 Å². The summed E-state index contributed by atoms with van der Waals surface area (Å²) in [4.78, 5) is 0. The average Bonchev–Trinajstić information content (AvgIpc) is 2.44. The third-order valence-electron chi connectivity index (χ3n) is 1.03. The molecule has 5 radical (unpaired) electrons. The molecular weight excluding hydrogens is 175 g/mol. The van der Waals surface area contributed by atoms with E-state index in [2.05, 4.69) is 24.3 Å². The van der Waals surface area contributed by atoms with Crippen LogP contribution in [0.2, 0.25) is 6.32 Å². The van der Waals surface area contributed by atoms with Gasteiger partial charge < -0.3 is 0 Å². The maximum Gasteiger partial charge on any atom is 0.0541 e. The van der Waals surface area contributed by atoms with Crippen LogP contribution in [0.15, 0.2) is 24.3 Å². The summed E-state index contributed by atoms with van der Waals surface area (Å²) in [5, 5.41) is 0. The van der Waals surface area contributed by atoms with Gasteiger partial charge in [0.1, 0.15) is 0 Å². The van der Waals surface area contributed by atoms with E-state index in [1.807, 2.05) is 14.1 Å². The van der Waals surface area contributed by atoms with Crippen LogP contribution in [-0.4, -0.2) is 22.0 Å². The molecule has 0 aromatic heterocycles. The zero-order chi connectivity index (χ0) is 7.66. The van der Waals surface area contributed by atoms with Crippen LogP contribution >= 0.6 is 0 Å². The molecule has 0 aliphatic heterocycles. The van der Waals surface area contributed by atoms with E-state index < -0.39 is 0 Å². The second kappa shape index (κ2) is 12.8. The Morgan fingerprint density at radius 3 is 2.00 bits per heavy atom. The van der Waals surface area contributed by atoms with Gasteiger partial charge >= 0.3 is 0 Å². The monoisotopic (exact) mass is 187 g/mol. The first-order chi connectivity index (χ1) is 4.91. The summed E-state index contributed by atoms with van der Waals surface area (Å²) >= 11 is 0. The molecule has 0 saturated carbocycles. The van der Waals surface area contributed by atoms with E-state index in [4.69, 9.17) is 7.74 Å². The Kier molecular flexibility index (Phi) is 16.0. The molecule has 4 heteroatoms. The molecular formula is C7H11B3Co. The molecule has 11 heavy (non-hydrogen) atoms. The SMILES string of the molecule is C1=CCC=C1.[B][B][B]CC.[Co]. The minimum Gasteiger partial charge on any atom is -0.0923 e. The third kappa shape index (κ3) is 13.2. The summed E-state index contributed by atoms with van der Waals surface area (Å²) in [5.74, 6) is 0. The predicted molar refractivity (Wildman–Crippen MR) is 50.6 cm³/mol. The van der Waals surface area contributed by atoms with Crippen molar-refractivity contribution in [2.45, 2.75) is 19.7 Å². The minimum absolute atomic E-state index is 0. The summed E-state index contributed by atoms with van der Waals surface area (Å²) in [5.41, 5.74) is 0. The Morgan fingerprint density at radius 1 is 1.36 bits per heavy atom. The number of rotatable bonds is 2. The molecule has 1 aliphatic rings. The van der Waals surface area contributed by atoms with Crippen LogP contribution in [0.3, 0.4) is 0 Å². The second-order valence-corrected chi connectivity index (χ2v) is 1.93. The van der Waals surface area contributed by atoms with E-state index in [1.54, 1.807) is 7.06 Å². The molecule has 0 nitrogen and oxygen atoms in total. The van der Waals surface area contributed by atoms with E-state index in [0.717, 1.165) is 12.7 Å². The number of hydrogen-bond donors (Lipinski definition) is 0. The van der Waals surface area contributed by atoms with Gasteiger partial charge in [0.2, 0.25) is 0 Å². The van der Waals surface area contributed by atoms with Gasteiger partial charge in [-0.2, -0.15) is 0 Å². The molecule has 1 rings (SSSR count). The van der Waals surface area contributed by atoms with Crippen molar-refractivity contribution in [3.63, 3.8) is 0 Å². The van der Waals surface area contributed by atoms with Crippen LogP contribution in [0.25, 0.3) is 0 Å². The topological polar surface area (TPSA) is 0 Å². The van der Waals surface area contributed by atoms with E-state index >= 15 is 0 Å². The van der Waals surface area contributed by atoms with Crippen LogP contribution < -0.4 is 0 Å². The fourth-order valence-electron chi connectivity index (χ4n) is 0.529. The minimum atomic E-state index is 0. The van der Waals surface area contributed by atoms with Crippen molar-refractivity contribution in [2.24, 2.45) is 0 Å².